The number of benzene rings is 4. The number of rotatable bonds is 2. The van der Waals surface area contributed by atoms with Crippen LogP contribution in [0.4, 0.5) is 8.78 Å². The molecule has 5 rings (SSSR count). The molecule has 0 aromatic heterocycles. The molecular weight excluding hydrogens is 382 g/mol. The Bertz CT molecular complexity index is 1320. The summed E-state index contributed by atoms with van der Waals surface area (Å²) < 4.78 is 26.9. The Morgan fingerprint density at radius 2 is 0.967 bits per heavy atom. The van der Waals surface area contributed by atoms with E-state index in [2.05, 4.69) is 0 Å². The molecule has 4 aromatic carbocycles. The van der Waals surface area contributed by atoms with Gasteiger partial charge >= 0.3 is 0 Å². The molecule has 0 radical (unpaired) electrons. The van der Waals surface area contributed by atoms with Gasteiger partial charge in [0, 0.05) is 22.3 Å². The van der Waals surface area contributed by atoms with Crippen LogP contribution in [-0.2, 0) is 0 Å². The number of ketones is 2. The van der Waals surface area contributed by atoms with Crippen LogP contribution in [0.2, 0.25) is 0 Å². The highest BCUT2D eigenvalue weighted by molar-refractivity contribution is 6.30. The lowest BCUT2D eigenvalue weighted by Crippen LogP contribution is -2.22. The van der Waals surface area contributed by atoms with Gasteiger partial charge in [-0.3, -0.25) is 9.59 Å². The maximum absolute atomic E-state index is 13.5. The molecule has 0 atom stereocenters. The normalized spacial score (nSPS) is 12.5. The van der Waals surface area contributed by atoms with Gasteiger partial charge in [0.2, 0.25) is 0 Å². The molecule has 0 aliphatic heterocycles. The molecule has 4 aromatic rings. The molecule has 0 heterocycles. The maximum Gasteiger partial charge on any atom is 0.195 e. The van der Waals surface area contributed by atoms with E-state index in [1.54, 1.807) is 60.7 Å². The molecular formula is C26H14F2O2. The van der Waals surface area contributed by atoms with Gasteiger partial charge in [-0.1, -0.05) is 48.5 Å². The minimum absolute atomic E-state index is 0.243. The summed E-state index contributed by atoms with van der Waals surface area (Å²) >= 11 is 0. The number of halogens is 2. The van der Waals surface area contributed by atoms with Crippen LogP contribution in [0, 0.1) is 11.6 Å². The summed E-state index contributed by atoms with van der Waals surface area (Å²) in [5.41, 5.74) is 3.85. The van der Waals surface area contributed by atoms with Gasteiger partial charge in [-0.05, 0) is 58.7 Å². The van der Waals surface area contributed by atoms with Gasteiger partial charge in [-0.15, -0.1) is 0 Å². The average Bonchev–Trinajstić information content (AvgIpc) is 2.78. The number of hydrogen-bond donors (Lipinski definition) is 0. The number of fused-ring (bicyclic) bond motifs is 2. The number of carbonyl (C=O) groups excluding carboxylic acids is 2. The van der Waals surface area contributed by atoms with Crippen LogP contribution < -0.4 is 0 Å². The molecule has 0 amide bonds. The Hall–Kier alpha value is -3.92. The lowest BCUT2D eigenvalue weighted by molar-refractivity contribution is 0.0979. The third-order valence-electron chi connectivity index (χ3n) is 5.36. The molecule has 0 unspecified atom stereocenters. The Balaban J connectivity index is 1.81. The number of hydrogen-bond acceptors (Lipinski definition) is 2. The first-order valence-electron chi connectivity index (χ1n) is 9.41. The molecule has 2 nitrogen and oxygen atoms in total. The van der Waals surface area contributed by atoms with E-state index in [-0.39, 0.29) is 17.4 Å². The van der Waals surface area contributed by atoms with Crippen LogP contribution in [0.5, 0.6) is 0 Å². The number of carbonyl (C=O) groups is 2. The summed E-state index contributed by atoms with van der Waals surface area (Å²) in [4.78, 5) is 26.6. The molecule has 0 bridgehead atoms. The topological polar surface area (TPSA) is 34.1 Å². The van der Waals surface area contributed by atoms with Gasteiger partial charge in [0.05, 0.1) is 0 Å². The molecule has 0 fully saturated rings. The molecule has 0 N–H and O–H groups in total. The molecule has 144 valence electrons. The highest BCUT2D eigenvalue weighted by Crippen LogP contribution is 2.38. The van der Waals surface area contributed by atoms with Crippen molar-refractivity contribution in [1.82, 2.24) is 0 Å². The zero-order valence-corrected chi connectivity index (χ0v) is 15.7. The van der Waals surface area contributed by atoms with Gasteiger partial charge < -0.3 is 0 Å². The van der Waals surface area contributed by atoms with Gasteiger partial charge in [-0.25, -0.2) is 8.78 Å². The van der Waals surface area contributed by atoms with Crippen molar-refractivity contribution >= 4 is 11.6 Å². The fourth-order valence-electron chi connectivity index (χ4n) is 3.89. The molecule has 0 spiro atoms. The van der Waals surface area contributed by atoms with E-state index in [1.807, 2.05) is 0 Å². The van der Waals surface area contributed by atoms with Crippen LogP contribution in [0.1, 0.15) is 31.8 Å². The Morgan fingerprint density at radius 1 is 0.467 bits per heavy atom. The third kappa shape index (κ3) is 2.85. The monoisotopic (exact) mass is 396 g/mol. The Morgan fingerprint density at radius 3 is 1.57 bits per heavy atom. The van der Waals surface area contributed by atoms with Gasteiger partial charge in [-0.2, -0.15) is 0 Å². The largest absolute Gasteiger partial charge is 0.289 e. The van der Waals surface area contributed by atoms with Crippen LogP contribution >= 0.6 is 0 Å². The lowest BCUT2D eigenvalue weighted by Gasteiger charge is -2.22. The zero-order chi connectivity index (χ0) is 20.8. The molecule has 30 heavy (non-hydrogen) atoms. The van der Waals surface area contributed by atoms with Crippen LogP contribution in [0.15, 0.2) is 84.9 Å². The average molecular weight is 396 g/mol. The summed E-state index contributed by atoms with van der Waals surface area (Å²) in [6.45, 7) is 0. The predicted molar refractivity (Wildman–Crippen MR) is 111 cm³/mol. The molecule has 0 saturated carbocycles. The first-order chi connectivity index (χ1) is 14.5. The Labute approximate surface area is 171 Å². The fourth-order valence-corrected chi connectivity index (χ4v) is 3.89. The lowest BCUT2D eigenvalue weighted by atomic mass is 9.79. The first kappa shape index (κ1) is 18.1. The predicted octanol–water partition coefficient (Wildman–Crippen LogP) is 6.07. The summed E-state index contributed by atoms with van der Waals surface area (Å²) in [5, 5.41) is 0. The van der Waals surface area contributed by atoms with E-state index in [0.717, 1.165) is 0 Å². The van der Waals surface area contributed by atoms with Crippen LogP contribution in [0.3, 0.4) is 0 Å². The van der Waals surface area contributed by atoms with Gasteiger partial charge in [0.15, 0.2) is 11.6 Å². The van der Waals surface area contributed by atoms with Gasteiger partial charge in [0.25, 0.3) is 0 Å². The van der Waals surface area contributed by atoms with Crippen molar-refractivity contribution in [3.63, 3.8) is 0 Å². The van der Waals surface area contributed by atoms with E-state index in [1.165, 1.54) is 24.3 Å². The van der Waals surface area contributed by atoms with Crippen molar-refractivity contribution < 1.29 is 18.4 Å². The Kier molecular flexibility index (Phi) is 4.14. The second-order valence-electron chi connectivity index (χ2n) is 7.16. The second kappa shape index (κ2) is 6.85. The van der Waals surface area contributed by atoms with Crippen molar-refractivity contribution in [2.24, 2.45) is 0 Å². The molecule has 4 heteroatoms. The SMILES string of the molecule is O=C1c2ccccc2C(=O)c2c1cc(-c1ccc(F)cc1)cc2-c1ccc(F)cc1. The highest BCUT2D eigenvalue weighted by Gasteiger charge is 2.32. The summed E-state index contributed by atoms with van der Waals surface area (Å²) in [6.07, 6.45) is 0. The minimum Gasteiger partial charge on any atom is -0.289 e. The quantitative estimate of drug-likeness (QED) is 0.363. The summed E-state index contributed by atoms with van der Waals surface area (Å²) in [5.74, 6) is -1.25. The van der Waals surface area contributed by atoms with Gasteiger partial charge in [0.1, 0.15) is 11.6 Å². The van der Waals surface area contributed by atoms with Crippen molar-refractivity contribution in [3.8, 4) is 22.3 Å². The van der Waals surface area contributed by atoms with Crippen LogP contribution in [0.25, 0.3) is 22.3 Å². The minimum atomic E-state index is -0.393. The van der Waals surface area contributed by atoms with E-state index in [4.69, 9.17) is 0 Å². The van der Waals surface area contributed by atoms with Crippen molar-refractivity contribution in [1.29, 1.82) is 0 Å². The van der Waals surface area contributed by atoms with Crippen LogP contribution in [-0.4, -0.2) is 11.6 Å². The standard InChI is InChI=1S/C26H14F2O2/c27-18-9-5-15(6-10-18)17-13-22(16-7-11-19(28)12-8-16)24-23(14-17)25(29)20-3-1-2-4-21(20)26(24)30/h1-14H. The molecule has 1 aliphatic rings. The molecule has 1 aliphatic carbocycles. The van der Waals surface area contributed by atoms with E-state index in [9.17, 15) is 18.4 Å². The van der Waals surface area contributed by atoms with E-state index in [0.29, 0.717) is 44.5 Å². The maximum atomic E-state index is 13.5. The zero-order valence-electron chi connectivity index (χ0n) is 15.7. The summed E-state index contributed by atoms with van der Waals surface area (Å²) in [6, 6.07) is 21.9. The van der Waals surface area contributed by atoms with Crippen molar-refractivity contribution in [2.45, 2.75) is 0 Å². The van der Waals surface area contributed by atoms with E-state index >= 15 is 0 Å². The second-order valence-corrected chi connectivity index (χ2v) is 7.16. The highest BCUT2D eigenvalue weighted by atomic mass is 19.1. The fraction of sp³-hybridized carbons (Fsp3) is 0. The third-order valence-corrected chi connectivity index (χ3v) is 5.36. The summed E-state index contributed by atoms with van der Waals surface area (Å²) in [7, 11) is 0. The smallest absolute Gasteiger partial charge is 0.195 e. The van der Waals surface area contributed by atoms with Crippen molar-refractivity contribution in [2.75, 3.05) is 0 Å². The molecule has 0 saturated heterocycles. The van der Waals surface area contributed by atoms with Crippen molar-refractivity contribution in [3.05, 3.63) is 119 Å². The first-order valence-corrected chi connectivity index (χ1v) is 9.41. The van der Waals surface area contributed by atoms with E-state index < -0.39 is 5.82 Å².